The van der Waals surface area contributed by atoms with Crippen molar-refractivity contribution >= 4 is 10.3 Å². The molecule has 1 aromatic carbocycles. The van der Waals surface area contributed by atoms with Gasteiger partial charge in [-0.3, -0.25) is 4.18 Å². The Balaban J connectivity index is 2.74. The predicted octanol–water partition coefficient (Wildman–Crippen LogP) is 0.158. The molecule has 0 spiro atoms. The summed E-state index contributed by atoms with van der Waals surface area (Å²) in [6.45, 7) is 0. The normalized spacial score (nSPS) is 13.9. The number of hydrogen-bond donors (Lipinski definition) is 2. The molecule has 1 unspecified atom stereocenters. The van der Waals surface area contributed by atoms with Gasteiger partial charge in [0.15, 0.2) is 0 Å². The average Bonchev–Trinajstić information content (AvgIpc) is 2.19. The van der Waals surface area contributed by atoms with Gasteiger partial charge >= 0.3 is 10.3 Å². The van der Waals surface area contributed by atoms with Crippen LogP contribution in [0.4, 0.5) is 0 Å². The van der Waals surface area contributed by atoms with Crippen molar-refractivity contribution in [1.82, 2.24) is 4.72 Å². The second-order valence-corrected chi connectivity index (χ2v) is 4.03. The maximum Gasteiger partial charge on any atom is 0.338 e. The molecule has 0 bridgehead atoms. The number of benzene rings is 1. The summed E-state index contributed by atoms with van der Waals surface area (Å²) < 4.78 is 27.8. The Bertz CT molecular complexity index is 376. The molecule has 0 saturated heterocycles. The third-order valence-corrected chi connectivity index (χ3v) is 2.54. The van der Waals surface area contributed by atoms with Crippen molar-refractivity contribution in [2.45, 2.75) is 6.23 Å². The summed E-state index contributed by atoms with van der Waals surface area (Å²) in [4.78, 5) is 0. The summed E-state index contributed by atoms with van der Waals surface area (Å²) in [7, 11) is -2.85. The van der Waals surface area contributed by atoms with Gasteiger partial charge in [-0.2, -0.15) is 13.1 Å². The summed E-state index contributed by atoms with van der Waals surface area (Å²) in [5.74, 6) is 0. The number of rotatable bonds is 4. The number of aliphatic hydroxyl groups is 1. The molecular weight excluding hydrogens is 206 g/mol. The smallest absolute Gasteiger partial charge is 0.338 e. The van der Waals surface area contributed by atoms with Crippen LogP contribution in [0, 0.1) is 0 Å². The highest BCUT2D eigenvalue weighted by atomic mass is 32.2. The molecule has 0 aromatic heterocycles. The first-order valence-electron chi connectivity index (χ1n) is 3.86. The van der Waals surface area contributed by atoms with Crippen molar-refractivity contribution in [3.63, 3.8) is 0 Å². The van der Waals surface area contributed by atoms with E-state index in [1.54, 1.807) is 30.3 Å². The summed E-state index contributed by atoms with van der Waals surface area (Å²) in [6, 6.07) is 8.35. The van der Waals surface area contributed by atoms with Crippen molar-refractivity contribution in [2.75, 3.05) is 7.11 Å². The van der Waals surface area contributed by atoms with Gasteiger partial charge in [0.1, 0.15) is 6.23 Å². The minimum absolute atomic E-state index is 0.452. The molecular formula is C8H11NO4S. The van der Waals surface area contributed by atoms with Gasteiger partial charge < -0.3 is 5.11 Å². The molecule has 0 aliphatic rings. The van der Waals surface area contributed by atoms with Gasteiger partial charge in [-0.05, 0) is 5.56 Å². The molecule has 0 heterocycles. The average molecular weight is 217 g/mol. The topological polar surface area (TPSA) is 75.6 Å². The van der Waals surface area contributed by atoms with E-state index in [4.69, 9.17) is 0 Å². The van der Waals surface area contributed by atoms with Crippen molar-refractivity contribution in [3.05, 3.63) is 35.9 Å². The van der Waals surface area contributed by atoms with Crippen molar-refractivity contribution < 1.29 is 17.7 Å². The Morgan fingerprint density at radius 3 is 2.43 bits per heavy atom. The molecule has 1 atom stereocenters. The zero-order chi connectivity index (χ0) is 10.6. The maximum atomic E-state index is 10.9. The van der Waals surface area contributed by atoms with Crippen molar-refractivity contribution in [2.24, 2.45) is 0 Å². The van der Waals surface area contributed by atoms with E-state index in [1.165, 1.54) is 0 Å². The Morgan fingerprint density at radius 1 is 1.36 bits per heavy atom. The molecule has 6 heteroatoms. The summed E-state index contributed by atoms with van der Waals surface area (Å²) in [5.41, 5.74) is 0.452. The number of aliphatic hydroxyl groups excluding tert-OH is 1. The Kier molecular flexibility index (Phi) is 3.59. The fraction of sp³-hybridized carbons (Fsp3) is 0.250. The lowest BCUT2D eigenvalue weighted by Gasteiger charge is -2.11. The minimum atomic E-state index is -3.87. The molecule has 0 radical (unpaired) electrons. The van der Waals surface area contributed by atoms with Crippen LogP contribution in [0.3, 0.4) is 0 Å². The number of hydrogen-bond acceptors (Lipinski definition) is 4. The Morgan fingerprint density at radius 2 is 1.93 bits per heavy atom. The van der Waals surface area contributed by atoms with Crippen LogP contribution in [-0.2, 0) is 14.5 Å². The van der Waals surface area contributed by atoms with Crippen LogP contribution in [0.1, 0.15) is 11.8 Å². The molecule has 0 aliphatic carbocycles. The molecule has 0 aliphatic heterocycles. The second kappa shape index (κ2) is 4.52. The van der Waals surface area contributed by atoms with Gasteiger partial charge in [-0.15, -0.1) is 0 Å². The van der Waals surface area contributed by atoms with E-state index in [0.29, 0.717) is 5.56 Å². The highest BCUT2D eigenvalue weighted by Crippen LogP contribution is 2.09. The summed E-state index contributed by atoms with van der Waals surface area (Å²) in [6.07, 6.45) is -1.29. The van der Waals surface area contributed by atoms with Crippen LogP contribution in [0.15, 0.2) is 30.3 Å². The molecule has 5 nitrogen and oxygen atoms in total. The lowest BCUT2D eigenvalue weighted by atomic mass is 10.2. The second-order valence-electron chi connectivity index (χ2n) is 2.55. The zero-order valence-corrected chi connectivity index (χ0v) is 8.36. The molecule has 0 amide bonds. The molecule has 1 rings (SSSR count). The van der Waals surface area contributed by atoms with Gasteiger partial charge in [0.2, 0.25) is 0 Å². The van der Waals surface area contributed by atoms with Crippen LogP contribution < -0.4 is 4.72 Å². The number of nitrogens with one attached hydrogen (secondary N) is 1. The van der Waals surface area contributed by atoms with Crippen LogP contribution in [-0.4, -0.2) is 20.6 Å². The fourth-order valence-corrected chi connectivity index (χ4v) is 1.39. The van der Waals surface area contributed by atoms with E-state index in [0.717, 1.165) is 7.11 Å². The lowest BCUT2D eigenvalue weighted by molar-refractivity contribution is 0.160. The maximum absolute atomic E-state index is 10.9. The van der Waals surface area contributed by atoms with Crippen LogP contribution in [0.2, 0.25) is 0 Å². The van der Waals surface area contributed by atoms with E-state index in [2.05, 4.69) is 4.18 Å². The quantitative estimate of drug-likeness (QED) is 0.704. The Labute approximate surface area is 82.6 Å². The minimum Gasteiger partial charge on any atom is -0.373 e. The fourth-order valence-electron chi connectivity index (χ4n) is 0.888. The standard InChI is InChI=1S/C8H11NO4S/c1-13-14(11,12)9-8(10)7-5-3-2-4-6-7/h2-6,8-10H,1H3. The largest absolute Gasteiger partial charge is 0.373 e. The van der Waals surface area contributed by atoms with Gasteiger partial charge in [-0.25, -0.2) is 0 Å². The van der Waals surface area contributed by atoms with E-state index in [-0.39, 0.29) is 0 Å². The van der Waals surface area contributed by atoms with Crippen molar-refractivity contribution in [3.8, 4) is 0 Å². The predicted molar refractivity (Wildman–Crippen MR) is 50.5 cm³/mol. The molecule has 2 N–H and O–H groups in total. The molecule has 78 valence electrons. The molecule has 0 saturated carbocycles. The van der Waals surface area contributed by atoms with E-state index < -0.39 is 16.5 Å². The Hall–Kier alpha value is -0.950. The van der Waals surface area contributed by atoms with E-state index in [9.17, 15) is 13.5 Å². The van der Waals surface area contributed by atoms with Crippen molar-refractivity contribution in [1.29, 1.82) is 0 Å². The zero-order valence-electron chi connectivity index (χ0n) is 7.54. The monoisotopic (exact) mass is 217 g/mol. The first-order chi connectivity index (χ1) is 6.55. The molecule has 1 aromatic rings. The third kappa shape index (κ3) is 3.08. The lowest BCUT2D eigenvalue weighted by Crippen LogP contribution is -2.29. The van der Waals surface area contributed by atoms with E-state index in [1.807, 2.05) is 4.72 Å². The highest BCUT2D eigenvalue weighted by molar-refractivity contribution is 7.84. The van der Waals surface area contributed by atoms with Gasteiger partial charge in [-0.1, -0.05) is 30.3 Å². The molecule has 0 fully saturated rings. The van der Waals surface area contributed by atoms with E-state index >= 15 is 0 Å². The summed E-state index contributed by atoms with van der Waals surface area (Å²) in [5, 5.41) is 9.42. The SMILES string of the molecule is COS(=O)(=O)NC(O)c1ccccc1. The van der Waals surface area contributed by atoms with Gasteiger partial charge in [0.25, 0.3) is 0 Å². The van der Waals surface area contributed by atoms with Crippen LogP contribution >= 0.6 is 0 Å². The third-order valence-electron chi connectivity index (χ3n) is 1.59. The first-order valence-corrected chi connectivity index (χ1v) is 5.27. The van der Waals surface area contributed by atoms with Crippen LogP contribution in [0.5, 0.6) is 0 Å². The van der Waals surface area contributed by atoms with Crippen LogP contribution in [0.25, 0.3) is 0 Å². The summed E-state index contributed by atoms with van der Waals surface area (Å²) >= 11 is 0. The first kappa shape index (κ1) is 11.1. The molecule has 14 heavy (non-hydrogen) atoms. The van der Waals surface area contributed by atoms with Gasteiger partial charge in [0, 0.05) is 0 Å². The van der Waals surface area contributed by atoms with Gasteiger partial charge in [0.05, 0.1) is 7.11 Å². The highest BCUT2D eigenvalue weighted by Gasteiger charge is 2.15.